The molecule has 3 N–H and O–H groups in total. The third-order valence-corrected chi connectivity index (χ3v) is 8.20. The lowest BCUT2D eigenvalue weighted by molar-refractivity contribution is -0.169. The number of ketones is 2. The van der Waals surface area contributed by atoms with Crippen molar-refractivity contribution in [3.05, 3.63) is 36.0 Å². The summed E-state index contributed by atoms with van der Waals surface area (Å²) in [6.45, 7) is 7.19. The summed E-state index contributed by atoms with van der Waals surface area (Å²) in [6.07, 6.45) is 6.96. The molecule has 2 saturated carbocycles. The molecule has 0 bridgehead atoms. The zero-order valence-corrected chi connectivity index (χ0v) is 15.9. The van der Waals surface area contributed by atoms with E-state index in [1.54, 1.807) is 6.08 Å². The van der Waals surface area contributed by atoms with Crippen molar-refractivity contribution in [1.82, 2.24) is 0 Å². The first-order chi connectivity index (χ1) is 12.6. The zero-order valence-electron chi connectivity index (χ0n) is 15.9. The van der Waals surface area contributed by atoms with Crippen LogP contribution in [0.4, 0.5) is 0 Å². The van der Waals surface area contributed by atoms with Gasteiger partial charge in [0, 0.05) is 17.8 Å². The predicted octanol–water partition coefficient (Wildman–Crippen LogP) is 1.72. The first-order valence-corrected chi connectivity index (χ1v) is 9.75. The molecular formula is C22H28O5. The van der Waals surface area contributed by atoms with Gasteiger partial charge in [-0.3, -0.25) is 9.59 Å². The molecule has 2 fully saturated rings. The molecule has 4 aliphatic carbocycles. The van der Waals surface area contributed by atoms with Gasteiger partial charge in [0.1, 0.15) is 6.61 Å². The van der Waals surface area contributed by atoms with Crippen molar-refractivity contribution in [2.75, 3.05) is 6.61 Å². The Balaban J connectivity index is 1.83. The lowest BCUT2D eigenvalue weighted by Crippen LogP contribution is -2.61. The van der Waals surface area contributed by atoms with Gasteiger partial charge in [-0.1, -0.05) is 32.6 Å². The molecule has 0 saturated heterocycles. The number of hydrogen-bond donors (Lipinski definition) is 3. The summed E-state index contributed by atoms with van der Waals surface area (Å²) < 4.78 is 0. The second kappa shape index (κ2) is 5.72. The zero-order chi connectivity index (χ0) is 19.8. The van der Waals surface area contributed by atoms with Gasteiger partial charge in [-0.25, -0.2) is 0 Å². The molecule has 0 heterocycles. The minimum Gasteiger partial charge on any atom is -0.393 e. The van der Waals surface area contributed by atoms with E-state index in [0.29, 0.717) is 24.8 Å². The fourth-order valence-corrected chi connectivity index (χ4v) is 6.72. The molecule has 0 aromatic heterocycles. The predicted molar refractivity (Wildman–Crippen MR) is 99.6 cm³/mol. The van der Waals surface area contributed by atoms with E-state index in [1.807, 2.05) is 19.1 Å². The molecule has 146 valence electrons. The summed E-state index contributed by atoms with van der Waals surface area (Å²) in [5, 5.41) is 32.0. The van der Waals surface area contributed by atoms with Crippen LogP contribution in [0.3, 0.4) is 0 Å². The number of aliphatic hydroxyl groups excluding tert-OH is 2. The van der Waals surface area contributed by atoms with Crippen LogP contribution in [0.25, 0.3) is 0 Å². The summed E-state index contributed by atoms with van der Waals surface area (Å²) in [4.78, 5) is 24.4. The topological polar surface area (TPSA) is 94.8 Å². The second-order valence-electron chi connectivity index (χ2n) is 9.34. The van der Waals surface area contributed by atoms with Crippen molar-refractivity contribution in [3.8, 4) is 0 Å². The largest absolute Gasteiger partial charge is 0.393 e. The number of carbonyl (C=O) groups excluding carboxylic acids is 2. The lowest BCUT2D eigenvalue weighted by atomic mass is 9.47. The average molecular weight is 372 g/mol. The van der Waals surface area contributed by atoms with E-state index >= 15 is 0 Å². The van der Waals surface area contributed by atoms with E-state index in [2.05, 4.69) is 13.5 Å². The molecule has 7 atom stereocenters. The normalized spacial score (nSPS) is 48.6. The summed E-state index contributed by atoms with van der Waals surface area (Å²) in [5.74, 6) is -0.660. The molecule has 4 rings (SSSR count). The van der Waals surface area contributed by atoms with Crippen LogP contribution < -0.4 is 0 Å². The first kappa shape index (κ1) is 18.8. The number of aliphatic hydroxyl groups is 3. The maximum Gasteiger partial charge on any atom is 0.194 e. The highest BCUT2D eigenvalue weighted by atomic mass is 16.3. The van der Waals surface area contributed by atoms with Crippen LogP contribution in [-0.2, 0) is 9.59 Å². The van der Waals surface area contributed by atoms with Crippen LogP contribution in [-0.4, -0.2) is 45.2 Å². The first-order valence-electron chi connectivity index (χ1n) is 9.75. The Bertz CT molecular complexity index is 795. The summed E-state index contributed by atoms with van der Waals surface area (Å²) >= 11 is 0. The van der Waals surface area contributed by atoms with E-state index in [1.165, 1.54) is 0 Å². The molecule has 5 heteroatoms. The van der Waals surface area contributed by atoms with Crippen molar-refractivity contribution >= 4 is 11.6 Å². The number of Topliss-reactive ketones (excluding diaryl/α,β-unsaturated/α-hetero) is 1. The lowest BCUT2D eigenvalue weighted by Gasteiger charge is -2.58. The van der Waals surface area contributed by atoms with Crippen LogP contribution >= 0.6 is 0 Å². The molecule has 0 unspecified atom stereocenters. The molecule has 0 radical (unpaired) electrons. The third-order valence-electron chi connectivity index (χ3n) is 8.20. The van der Waals surface area contributed by atoms with Gasteiger partial charge in [-0.2, -0.15) is 0 Å². The van der Waals surface area contributed by atoms with Crippen LogP contribution in [0.15, 0.2) is 36.0 Å². The van der Waals surface area contributed by atoms with Crippen LogP contribution in [0.2, 0.25) is 0 Å². The molecule has 0 amide bonds. The number of carbonyl (C=O) groups is 2. The molecule has 0 aromatic carbocycles. The summed E-state index contributed by atoms with van der Waals surface area (Å²) in [5.41, 5.74) is -1.58. The Morgan fingerprint density at radius 2 is 2.07 bits per heavy atom. The fraction of sp³-hybridized carbons (Fsp3) is 0.636. The Morgan fingerprint density at radius 3 is 2.74 bits per heavy atom. The number of fused-ring (bicyclic) bond motifs is 5. The van der Waals surface area contributed by atoms with Crippen molar-refractivity contribution in [1.29, 1.82) is 0 Å². The highest BCUT2D eigenvalue weighted by molar-refractivity contribution is 5.93. The van der Waals surface area contributed by atoms with E-state index < -0.39 is 29.5 Å². The fourth-order valence-electron chi connectivity index (χ4n) is 6.72. The Morgan fingerprint density at radius 1 is 1.37 bits per heavy atom. The monoisotopic (exact) mass is 372 g/mol. The maximum absolute atomic E-state index is 12.5. The number of allylic oxidation sites excluding steroid dienone is 4. The minimum atomic E-state index is -1.81. The molecule has 0 aromatic rings. The van der Waals surface area contributed by atoms with E-state index in [9.17, 15) is 24.9 Å². The Labute approximate surface area is 159 Å². The quantitative estimate of drug-likeness (QED) is 0.642. The van der Waals surface area contributed by atoms with Gasteiger partial charge in [0.05, 0.1) is 6.10 Å². The van der Waals surface area contributed by atoms with Gasteiger partial charge in [-0.05, 0) is 53.7 Å². The van der Waals surface area contributed by atoms with Crippen molar-refractivity contribution in [2.45, 2.75) is 51.2 Å². The van der Waals surface area contributed by atoms with Crippen LogP contribution in [0.1, 0.15) is 39.5 Å². The second-order valence-corrected chi connectivity index (χ2v) is 9.34. The summed E-state index contributed by atoms with van der Waals surface area (Å²) in [7, 11) is 0. The summed E-state index contributed by atoms with van der Waals surface area (Å²) in [6, 6.07) is 0. The Kier molecular flexibility index (Phi) is 3.98. The van der Waals surface area contributed by atoms with E-state index in [-0.39, 0.29) is 35.4 Å². The molecule has 4 aliphatic rings. The molecule has 0 aliphatic heterocycles. The Hall–Kier alpha value is -1.56. The van der Waals surface area contributed by atoms with Crippen molar-refractivity contribution in [2.24, 2.45) is 28.6 Å². The highest BCUT2D eigenvalue weighted by Gasteiger charge is 2.69. The van der Waals surface area contributed by atoms with Crippen LogP contribution in [0.5, 0.6) is 0 Å². The van der Waals surface area contributed by atoms with Gasteiger partial charge in [0.2, 0.25) is 0 Å². The highest BCUT2D eigenvalue weighted by Crippen LogP contribution is 2.67. The third kappa shape index (κ3) is 2.16. The van der Waals surface area contributed by atoms with Gasteiger partial charge in [0.15, 0.2) is 17.2 Å². The number of rotatable bonds is 2. The van der Waals surface area contributed by atoms with Gasteiger partial charge < -0.3 is 15.3 Å². The maximum atomic E-state index is 12.5. The SMILES string of the molecule is C=C1C[C@H]2[C@@H]3C=CC4=CC(=O)CC[C@]4(C)[C@H]3[C@@H](O)C[C@]2(C)[C@@]1(O)C(=O)CO. The molecule has 27 heavy (non-hydrogen) atoms. The smallest absolute Gasteiger partial charge is 0.194 e. The molecule has 5 nitrogen and oxygen atoms in total. The molecule has 0 spiro atoms. The average Bonchev–Trinajstić information content (AvgIpc) is 2.82. The van der Waals surface area contributed by atoms with Crippen molar-refractivity contribution in [3.63, 3.8) is 0 Å². The minimum absolute atomic E-state index is 0.0219. The standard InChI is InChI=1S/C22H28O5/c1-12-8-16-15-5-4-13-9-14(24)6-7-20(13,2)19(15)17(25)10-21(16,3)22(12,27)18(26)11-23/h4-5,9,15-17,19,23,25,27H,1,6-8,10-11H2,2-3H3/t15-,16-,17-,19+,20-,21-,22-/m0/s1. The van der Waals surface area contributed by atoms with Crippen LogP contribution in [0, 0.1) is 28.6 Å². The van der Waals surface area contributed by atoms with E-state index in [4.69, 9.17) is 0 Å². The molecular weight excluding hydrogens is 344 g/mol. The van der Waals surface area contributed by atoms with Gasteiger partial charge in [0.25, 0.3) is 0 Å². The van der Waals surface area contributed by atoms with Gasteiger partial charge in [-0.15, -0.1) is 0 Å². The van der Waals surface area contributed by atoms with Gasteiger partial charge >= 0.3 is 0 Å². The van der Waals surface area contributed by atoms with Crippen molar-refractivity contribution < 1.29 is 24.9 Å². The number of hydrogen-bond acceptors (Lipinski definition) is 5. The van der Waals surface area contributed by atoms with E-state index in [0.717, 1.165) is 5.57 Å².